The molecule has 0 aliphatic heterocycles. The Balaban J connectivity index is 2.17. The molecule has 0 spiro atoms. The summed E-state index contributed by atoms with van der Waals surface area (Å²) in [4.78, 5) is 11.5. The van der Waals surface area contributed by atoms with Gasteiger partial charge in [0.1, 0.15) is 5.75 Å². The molecule has 6 heteroatoms. The summed E-state index contributed by atoms with van der Waals surface area (Å²) < 4.78 is 5.15. The molecule has 4 N–H and O–H groups in total. The summed E-state index contributed by atoms with van der Waals surface area (Å²) in [6.45, 7) is 3.82. The number of aromatic nitrogens is 2. The Bertz CT molecular complexity index is 619. The molecule has 6 nitrogen and oxygen atoms in total. The van der Waals surface area contributed by atoms with Crippen LogP contribution in [0.3, 0.4) is 0 Å². The van der Waals surface area contributed by atoms with Gasteiger partial charge in [-0.2, -0.15) is 0 Å². The van der Waals surface area contributed by atoms with E-state index in [1.165, 1.54) is 0 Å². The fourth-order valence-electron chi connectivity index (χ4n) is 1.79. The maximum atomic E-state index is 5.90. The molecule has 104 valence electrons. The number of nitrogens with zero attached hydrogens (tertiary/aromatic N) is 2. The number of guanidine groups is 1. The van der Waals surface area contributed by atoms with Crippen molar-refractivity contribution in [1.82, 2.24) is 9.97 Å². The topological polar surface area (TPSA) is 87.0 Å². The van der Waals surface area contributed by atoms with Crippen molar-refractivity contribution in [1.29, 1.82) is 0 Å². The van der Waals surface area contributed by atoms with Crippen molar-refractivity contribution in [3.8, 4) is 5.75 Å². The van der Waals surface area contributed by atoms with E-state index < -0.39 is 0 Å². The van der Waals surface area contributed by atoms with E-state index in [-0.39, 0.29) is 0 Å². The van der Waals surface area contributed by atoms with Gasteiger partial charge >= 0.3 is 5.95 Å². The number of benzene rings is 1. The minimum Gasteiger partial charge on any atom is -0.497 e. The first-order valence-corrected chi connectivity index (χ1v) is 6.19. The zero-order valence-electron chi connectivity index (χ0n) is 11.8. The number of nitrogens with two attached hydrogens (primary N) is 1. The molecule has 0 unspecified atom stereocenters. The zero-order valence-corrected chi connectivity index (χ0v) is 11.8. The Morgan fingerprint density at radius 3 is 2.55 bits per heavy atom. The first-order valence-electron chi connectivity index (χ1n) is 6.19. The summed E-state index contributed by atoms with van der Waals surface area (Å²) in [5.41, 5.74) is 8.49. The van der Waals surface area contributed by atoms with Crippen molar-refractivity contribution in [2.45, 2.75) is 13.8 Å². The molecular formula is C14H18N5O+. The minimum atomic E-state index is 0.350. The summed E-state index contributed by atoms with van der Waals surface area (Å²) in [7, 11) is 1.62. The van der Waals surface area contributed by atoms with Gasteiger partial charge in [0.15, 0.2) is 0 Å². The Kier molecular flexibility index (Phi) is 4.14. The number of nitrogens with one attached hydrogen (secondary N) is 2. The summed E-state index contributed by atoms with van der Waals surface area (Å²) in [5, 5.41) is 3.03. The standard InChI is InChI=1S/C14H17N5O/c1-9-7-10(2)17-14(16-9)19-13(15)18-11-5-4-6-12(8-11)20-3/h4-8H,1-3H3,(H3,15,16,17,18,19)/p+1. The average molecular weight is 272 g/mol. The molecule has 0 aliphatic carbocycles. The minimum absolute atomic E-state index is 0.350. The number of aryl methyl sites for hydroxylation is 2. The van der Waals surface area contributed by atoms with Crippen molar-refractivity contribution in [2.75, 3.05) is 12.4 Å². The van der Waals surface area contributed by atoms with Crippen molar-refractivity contribution in [3.05, 3.63) is 41.7 Å². The summed E-state index contributed by atoms with van der Waals surface area (Å²) in [5.74, 6) is 1.57. The Morgan fingerprint density at radius 1 is 1.20 bits per heavy atom. The lowest BCUT2D eigenvalue weighted by molar-refractivity contribution is -0.365. The second-order valence-corrected chi connectivity index (χ2v) is 4.37. The van der Waals surface area contributed by atoms with Crippen molar-refractivity contribution in [3.63, 3.8) is 0 Å². The predicted octanol–water partition coefficient (Wildman–Crippen LogP) is 0.241. The molecule has 2 aromatic rings. The molecule has 1 heterocycles. The molecule has 0 saturated carbocycles. The van der Waals surface area contributed by atoms with Gasteiger partial charge < -0.3 is 10.5 Å². The normalized spacial score (nSPS) is 11.2. The molecular weight excluding hydrogens is 254 g/mol. The monoisotopic (exact) mass is 272 g/mol. The summed E-state index contributed by atoms with van der Waals surface area (Å²) in [6.07, 6.45) is 0. The second kappa shape index (κ2) is 6.01. The molecule has 0 atom stereocenters. The lowest BCUT2D eigenvalue weighted by atomic mass is 10.3. The SMILES string of the molecule is COc1cccc(NC(N)=[NH+]c2nc(C)cc(C)n2)c1. The van der Waals surface area contributed by atoms with E-state index in [2.05, 4.69) is 20.3 Å². The van der Waals surface area contributed by atoms with E-state index in [9.17, 15) is 0 Å². The van der Waals surface area contributed by atoms with Crippen molar-refractivity contribution < 1.29 is 9.73 Å². The number of hydrogen-bond acceptors (Lipinski definition) is 3. The molecule has 1 aromatic heterocycles. The fraction of sp³-hybridized carbons (Fsp3) is 0.214. The third-order valence-corrected chi connectivity index (χ3v) is 2.58. The molecule has 1 aromatic carbocycles. The summed E-state index contributed by atoms with van der Waals surface area (Å²) >= 11 is 0. The van der Waals surface area contributed by atoms with E-state index in [4.69, 9.17) is 10.5 Å². The number of anilines is 1. The number of rotatable bonds is 3. The molecule has 0 amide bonds. The van der Waals surface area contributed by atoms with Crippen LogP contribution in [0.1, 0.15) is 11.4 Å². The first kappa shape index (κ1) is 13.8. The van der Waals surface area contributed by atoms with Gasteiger partial charge in [0.2, 0.25) is 0 Å². The summed E-state index contributed by atoms with van der Waals surface area (Å²) in [6, 6.07) is 9.37. The van der Waals surface area contributed by atoms with E-state index in [0.29, 0.717) is 11.9 Å². The quantitative estimate of drug-likeness (QED) is 0.550. The number of methoxy groups -OCH3 is 1. The number of ether oxygens (including phenoxy) is 1. The highest BCUT2D eigenvalue weighted by molar-refractivity contribution is 5.88. The second-order valence-electron chi connectivity index (χ2n) is 4.37. The van der Waals surface area contributed by atoms with Gasteiger partial charge in [-0.25, -0.2) is 4.99 Å². The van der Waals surface area contributed by atoms with Crippen molar-refractivity contribution >= 4 is 17.6 Å². The molecule has 0 saturated heterocycles. The highest BCUT2D eigenvalue weighted by Gasteiger charge is 2.06. The molecule has 0 aliphatic rings. The molecule has 0 fully saturated rings. The maximum Gasteiger partial charge on any atom is 0.354 e. The van der Waals surface area contributed by atoms with Gasteiger partial charge in [0.25, 0.3) is 5.96 Å². The van der Waals surface area contributed by atoms with Gasteiger partial charge in [0, 0.05) is 12.1 Å². The Hall–Kier alpha value is -2.63. The van der Waals surface area contributed by atoms with Crippen LogP contribution in [0.4, 0.5) is 11.6 Å². The first-order chi connectivity index (χ1) is 9.56. The smallest absolute Gasteiger partial charge is 0.354 e. The zero-order chi connectivity index (χ0) is 14.5. The maximum absolute atomic E-state index is 5.90. The largest absolute Gasteiger partial charge is 0.497 e. The van der Waals surface area contributed by atoms with Crippen LogP contribution in [0.2, 0.25) is 0 Å². The van der Waals surface area contributed by atoms with Gasteiger partial charge in [-0.1, -0.05) is 6.07 Å². The highest BCUT2D eigenvalue weighted by atomic mass is 16.5. The molecule has 20 heavy (non-hydrogen) atoms. The number of hydrogen-bond donors (Lipinski definition) is 3. The van der Waals surface area contributed by atoms with Crippen LogP contribution in [0.5, 0.6) is 5.75 Å². The van der Waals surface area contributed by atoms with Crippen LogP contribution in [0.15, 0.2) is 30.3 Å². The lowest BCUT2D eigenvalue weighted by Gasteiger charge is -2.04. The third-order valence-electron chi connectivity index (χ3n) is 2.58. The highest BCUT2D eigenvalue weighted by Crippen LogP contribution is 2.15. The van der Waals surface area contributed by atoms with Crippen molar-refractivity contribution in [2.24, 2.45) is 5.73 Å². The van der Waals surface area contributed by atoms with E-state index >= 15 is 0 Å². The van der Waals surface area contributed by atoms with E-state index in [0.717, 1.165) is 22.8 Å². The Morgan fingerprint density at radius 2 is 1.90 bits per heavy atom. The van der Waals surface area contributed by atoms with Crippen LogP contribution in [0.25, 0.3) is 0 Å². The lowest BCUT2D eigenvalue weighted by Crippen LogP contribution is -2.72. The van der Waals surface area contributed by atoms with Gasteiger partial charge in [-0.3, -0.25) is 5.32 Å². The van der Waals surface area contributed by atoms with Gasteiger partial charge in [-0.05, 0) is 26.0 Å². The van der Waals surface area contributed by atoms with Crippen LogP contribution >= 0.6 is 0 Å². The van der Waals surface area contributed by atoms with Gasteiger partial charge in [-0.15, -0.1) is 9.97 Å². The fourth-order valence-corrected chi connectivity index (χ4v) is 1.79. The third kappa shape index (κ3) is 3.68. The van der Waals surface area contributed by atoms with Crippen LogP contribution in [-0.2, 0) is 0 Å². The Labute approximate surface area is 117 Å². The average Bonchev–Trinajstić information content (AvgIpc) is 2.37. The van der Waals surface area contributed by atoms with E-state index in [1.807, 2.05) is 44.2 Å². The molecule has 2 rings (SSSR count). The predicted molar refractivity (Wildman–Crippen MR) is 77.9 cm³/mol. The van der Waals surface area contributed by atoms with Gasteiger partial charge in [0.05, 0.1) is 24.2 Å². The molecule has 0 bridgehead atoms. The van der Waals surface area contributed by atoms with Crippen LogP contribution < -0.4 is 20.8 Å². The van der Waals surface area contributed by atoms with Crippen LogP contribution in [-0.4, -0.2) is 23.0 Å². The molecule has 0 radical (unpaired) electrons. The van der Waals surface area contributed by atoms with Crippen LogP contribution in [0, 0.1) is 13.8 Å². The van der Waals surface area contributed by atoms with E-state index in [1.54, 1.807) is 7.11 Å².